The summed E-state index contributed by atoms with van der Waals surface area (Å²) in [5.41, 5.74) is 10.4. The fourth-order valence-electron chi connectivity index (χ4n) is 3.08. The largest absolute Gasteiger partial charge is 0.369 e. The quantitative estimate of drug-likeness (QED) is 0.560. The second kappa shape index (κ2) is 5.76. The molecule has 0 aliphatic rings. The number of hydrogen-bond donors (Lipinski definition) is 2. The van der Waals surface area contributed by atoms with Crippen molar-refractivity contribution in [3.63, 3.8) is 0 Å². The van der Waals surface area contributed by atoms with Gasteiger partial charge in [0.2, 0.25) is 5.91 Å². The number of hydrogen-bond acceptors (Lipinski definition) is 2. The average Bonchev–Trinajstić information content (AvgIpc) is 2.93. The number of halogens is 1. The van der Waals surface area contributed by atoms with Crippen LogP contribution >= 0.6 is 15.9 Å². The standard InChI is InChI=1S/C19H14BrN3O/c20-14-6-13(8-18(21)24)19-16(9-14)15-4-3-11(7-17(15)23-19)12-2-1-5-22-10-12/h1-7,9-10,23H,8H2,(H2,21,24). The van der Waals surface area contributed by atoms with E-state index in [4.69, 9.17) is 5.73 Å². The van der Waals surface area contributed by atoms with Crippen LogP contribution in [0, 0.1) is 0 Å². The zero-order valence-electron chi connectivity index (χ0n) is 12.7. The molecule has 0 atom stereocenters. The number of H-pyrrole nitrogens is 1. The van der Waals surface area contributed by atoms with Crippen LogP contribution in [0.4, 0.5) is 0 Å². The topological polar surface area (TPSA) is 71.8 Å². The summed E-state index contributed by atoms with van der Waals surface area (Å²) >= 11 is 3.52. The van der Waals surface area contributed by atoms with Gasteiger partial charge in [-0.25, -0.2) is 0 Å². The molecule has 2 aromatic heterocycles. The molecule has 4 rings (SSSR count). The lowest BCUT2D eigenvalue weighted by molar-refractivity contribution is -0.117. The SMILES string of the molecule is NC(=O)Cc1cc(Br)cc2c1[nH]c1cc(-c3cccnc3)ccc12. The predicted octanol–water partition coefficient (Wildman–Crippen LogP) is 4.17. The number of fused-ring (bicyclic) bond motifs is 3. The number of nitrogens with one attached hydrogen (secondary N) is 1. The van der Waals surface area contributed by atoms with Crippen LogP contribution in [-0.4, -0.2) is 15.9 Å². The number of pyridine rings is 1. The van der Waals surface area contributed by atoms with E-state index in [2.05, 4.69) is 50.2 Å². The van der Waals surface area contributed by atoms with E-state index in [1.807, 2.05) is 24.4 Å². The highest BCUT2D eigenvalue weighted by atomic mass is 79.9. The lowest BCUT2D eigenvalue weighted by Crippen LogP contribution is -2.13. The second-order valence-electron chi connectivity index (χ2n) is 5.76. The number of benzene rings is 2. The van der Waals surface area contributed by atoms with Gasteiger partial charge >= 0.3 is 0 Å². The normalized spacial score (nSPS) is 11.2. The van der Waals surface area contributed by atoms with Crippen LogP contribution in [-0.2, 0) is 11.2 Å². The molecule has 1 amide bonds. The molecule has 3 N–H and O–H groups in total. The molecule has 0 saturated carbocycles. The third-order valence-corrected chi connectivity index (χ3v) is 4.57. The van der Waals surface area contributed by atoms with Crippen LogP contribution in [0.1, 0.15) is 5.56 Å². The molecule has 0 fully saturated rings. The van der Waals surface area contributed by atoms with Crippen LogP contribution in [0.15, 0.2) is 59.3 Å². The number of amides is 1. The van der Waals surface area contributed by atoms with E-state index in [0.29, 0.717) is 0 Å². The monoisotopic (exact) mass is 379 g/mol. The second-order valence-corrected chi connectivity index (χ2v) is 6.67. The molecule has 118 valence electrons. The van der Waals surface area contributed by atoms with E-state index in [0.717, 1.165) is 43.0 Å². The number of primary amides is 1. The van der Waals surface area contributed by atoms with Crippen molar-refractivity contribution in [1.29, 1.82) is 0 Å². The zero-order chi connectivity index (χ0) is 16.7. The summed E-state index contributed by atoms with van der Waals surface area (Å²) in [5.74, 6) is -0.343. The fraction of sp³-hybridized carbons (Fsp3) is 0.0526. The summed E-state index contributed by atoms with van der Waals surface area (Å²) in [4.78, 5) is 19.0. The van der Waals surface area contributed by atoms with E-state index in [1.165, 1.54) is 0 Å². The Balaban J connectivity index is 1.95. The van der Waals surface area contributed by atoms with Crippen LogP contribution in [0.3, 0.4) is 0 Å². The average molecular weight is 380 g/mol. The number of nitrogens with two attached hydrogens (primary N) is 1. The van der Waals surface area contributed by atoms with Gasteiger partial charge in [0.25, 0.3) is 0 Å². The van der Waals surface area contributed by atoms with Gasteiger partial charge in [-0.15, -0.1) is 0 Å². The number of carbonyl (C=O) groups excluding carboxylic acids is 1. The number of nitrogens with zero attached hydrogens (tertiary/aromatic N) is 1. The molecule has 0 aliphatic carbocycles. The summed E-state index contributed by atoms with van der Waals surface area (Å²) in [6.45, 7) is 0. The Hall–Kier alpha value is -2.66. The van der Waals surface area contributed by atoms with E-state index < -0.39 is 0 Å². The molecule has 2 aromatic carbocycles. The number of carbonyl (C=O) groups is 1. The van der Waals surface area contributed by atoms with Gasteiger partial charge in [-0.2, -0.15) is 0 Å². The van der Waals surface area contributed by atoms with Gasteiger partial charge in [0.15, 0.2) is 0 Å². The molecule has 5 heteroatoms. The molecule has 24 heavy (non-hydrogen) atoms. The highest BCUT2D eigenvalue weighted by Crippen LogP contribution is 2.33. The first-order valence-corrected chi connectivity index (χ1v) is 8.34. The van der Waals surface area contributed by atoms with Gasteiger partial charge in [-0.05, 0) is 35.4 Å². The Kier molecular flexibility index (Phi) is 3.58. The lowest BCUT2D eigenvalue weighted by Gasteiger charge is -2.02. The van der Waals surface area contributed by atoms with E-state index >= 15 is 0 Å². The Morgan fingerprint density at radius 3 is 2.75 bits per heavy atom. The summed E-state index contributed by atoms with van der Waals surface area (Å²) in [7, 11) is 0. The van der Waals surface area contributed by atoms with Crippen LogP contribution in [0.25, 0.3) is 32.9 Å². The van der Waals surface area contributed by atoms with Crippen molar-refractivity contribution in [3.05, 3.63) is 64.9 Å². The first-order valence-electron chi connectivity index (χ1n) is 7.54. The van der Waals surface area contributed by atoms with Crippen molar-refractivity contribution in [1.82, 2.24) is 9.97 Å². The Morgan fingerprint density at radius 1 is 1.12 bits per heavy atom. The first kappa shape index (κ1) is 14.9. The third kappa shape index (κ3) is 2.57. The van der Waals surface area contributed by atoms with Crippen molar-refractivity contribution >= 4 is 43.6 Å². The number of rotatable bonds is 3. The predicted molar refractivity (Wildman–Crippen MR) is 99.6 cm³/mol. The lowest BCUT2D eigenvalue weighted by atomic mass is 10.0. The van der Waals surface area contributed by atoms with Crippen molar-refractivity contribution < 1.29 is 4.79 Å². The van der Waals surface area contributed by atoms with E-state index in [9.17, 15) is 4.79 Å². The first-order chi connectivity index (χ1) is 11.6. The summed E-state index contributed by atoms with van der Waals surface area (Å²) in [6.07, 6.45) is 3.82. The Bertz CT molecular complexity index is 1070. The van der Waals surface area contributed by atoms with E-state index in [1.54, 1.807) is 6.20 Å². The minimum absolute atomic E-state index is 0.207. The zero-order valence-corrected chi connectivity index (χ0v) is 14.3. The molecule has 2 heterocycles. The van der Waals surface area contributed by atoms with Crippen molar-refractivity contribution in [2.45, 2.75) is 6.42 Å². The van der Waals surface area contributed by atoms with E-state index in [-0.39, 0.29) is 12.3 Å². The van der Waals surface area contributed by atoms with Crippen molar-refractivity contribution in [2.24, 2.45) is 5.73 Å². The molecule has 0 aliphatic heterocycles. The molecular weight excluding hydrogens is 366 g/mol. The summed E-state index contributed by atoms with van der Waals surface area (Å²) in [6, 6.07) is 14.2. The summed E-state index contributed by atoms with van der Waals surface area (Å²) < 4.78 is 0.934. The van der Waals surface area contributed by atoms with Crippen LogP contribution in [0.5, 0.6) is 0 Å². The van der Waals surface area contributed by atoms with Gasteiger partial charge in [-0.1, -0.05) is 34.1 Å². The minimum Gasteiger partial charge on any atom is -0.369 e. The van der Waals surface area contributed by atoms with Gasteiger partial charge in [0.05, 0.1) is 11.9 Å². The van der Waals surface area contributed by atoms with Gasteiger partial charge < -0.3 is 10.7 Å². The molecule has 4 aromatic rings. The van der Waals surface area contributed by atoms with Crippen molar-refractivity contribution in [3.8, 4) is 11.1 Å². The molecule has 4 nitrogen and oxygen atoms in total. The highest BCUT2D eigenvalue weighted by molar-refractivity contribution is 9.10. The van der Waals surface area contributed by atoms with Crippen LogP contribution < -0.4 is 5.73 Å². The van der Waals surface area contributed by atoms with Crippen molar-refractivity contribution in [2.75, 3.05) is 0 Å². The summed E-state index contributed by atoms with van der Waals surface area (Å²) in [5, 5.41) is 2.19. The fourth-order valence-corrected chi connectivity index (χ4v) is 3.59. The van der Waals surface area contributed by atoms with Gasteiger partial charge in [-0.3, -0.25) is 9.78 Å². The number of aromatic nitrogens is 2. The third-order valence-electron chi connectivity index (χ3n) is 4.11. The molecule has 0 spiro atoms. The maximum atomic E-state index is 11.4. The molecule has 0 radical (unpaired) electrons. The van der Waals surface area contributed by atoms with Crippen LogP contribution in [0.2, 0.25) is 0 Å². The maximum absolute atomic E-state index is 11.4. The minimum atomic E-state index is -0.343. The van der Waals surface area contributed by atoms with Gasteiger partial charge in [0, 0.05) is 38.7 Å². The number of aromatic amines is 1. The molecule has 0 saturated heterocycles. The maximum Gasteiger partial charge on any atom is 0.221 e. The molecule has 0 unspecified atom stereocenters. The smallest absolute Gasteiger partial charge is 0.221 e. The Morgan fingerprint density at radius 2 is 2.00 bits per heavy atom. The molecule has 0 bridgehead atoms. The highest BCUT2D eigenvalue weighted by Gasteiger charge is 2.12. The molecular formula is C19H14BrN3O. The van der Waals surface area contributed by atoms with Gasteiger partial charge in [0.1, 0.15) is 0 Å². The Labute approximate surface area is 146 Å².